The van der Waals surface area contributed by atoms with E-state index in [-0.39, 0.29) is 16.8 Å². The SMILES string of the molecule is CNS(=O)(=O)c1ccc(C(=O)N[C@@H]2CCN(Cc3ccccc3)C2)cc1. The first-order valence-corrected chi connectivity index (χ1v) is 10.1. The number of amides is 1. The van der Waals surface area contributed by atoms with Gasteiger partial charge in [0.05, 0.1) is 4.90 Å². The van der Waals surface area contributed by atoms with Gasteiger partial charge in [-0.05, 0) is 43.3 Å². The van der Waals surface area contributed by atoms with E-state index in [2.05, 4.69) is 27.1 Å². The van der Waals surface area contributed by atoms with Gasteiger partial charge < -0.3 is 5.32 Å². The molecule has 1 atom stereocenters. The Labute approximate surface area is 154 Å². The third-order valence-electron chi connectivity index (χ3n) is 4.55. The lowest BCUT2D eigenvalue weighted by Crippen LogP contribution is -2.37. The van der Waals surface area contributed by atoms with Crippen molar-refractivity contribution in [1.82, 2.24) is 14.9 Å². The van der Waals surface area contributed by atoms with Crippen LogP contribution >= 0.6 is 0 Å². The highest BCUT2D eigenvalue weighted by atomic mass is 32.2. The van der Waals surface area contributed by atoms with Gasteiger partial charge in [-0.25, -0.2) is 13.1 Å². The van der Waals surface area contributed by atoms with Crippen LogP contribution in [0.4, 0.5) is 0 Å². The molecule has 0 unspecified atom stereocenters. The summed E-state index contributed by atoms with van der Waals surface area (Å²) in [5, 5.41) is 3.04. The van der Waals surface area contributed by atoms with Crippen LogP contribution in [0.1, 0.15) is 22.3 Å². The van der Waals surface area contributed by atoms with Crippen LogP contribution in [0, 0.1) is 0 Å². The van der Waals surface area contributed by atoms with Crippen molar-refractivity contribution < 1.29 is 13.2 Å². The minimum Gasteiger partial charge on any atom is -0.348 e. The Morgan fingerprint density at radius 1 is 1.12 bits per heavy atom. The third-order valence-corrected chi connectivity index (χ3v) is 5.98. The number of benzene rings is 2. The molecule has 0 spiro atoms. The number of nitrogens with one attached hydrogen (secondary N) is 2. The maximum absolute atomic E-state index is 12.4. The summed E-state index contributed by atoms with van der Waals surface area (Å²) in [7, 11) is -2.13. The summed E-state index contributed by atoms with van der Waals surface area (Å²) in [6, 6.07) is 16.3. The molecule has 3 rings (SSSR count). The fraction of sp³-hybridized carbons (Fsp3) is 0.316. The lowest BCUT2D eigenvalue weighted by Gasteiger charge is -2.17. The minimum atomic E-state index is -3.49. The lowest BCUT2D eigenvalue weighted by molar-refractivity contribution is 0.0937. The van der Waals surface area contributed by atoms with Crippen LogP contribution in [0.25, 0.3) is 0 Å². The summed E-state index contributed by atoms with van der Waals surface area (Å²) >= 11 is 0. The molecule has 1 heterocycles. The maximum Gasteiger partial charge on any atom is 0.251 e. The smallest absolute Gasteiger partial charge is 0.251 e. The van der Waals surface area contributed by atoms with Gasteiger partial charge in [0.2, 0.25) is 10.0 Å². The van der Waals surface area contributed by atoms with Gasteiger partial charge in [0.25, 0.3) is 5.91 Å². The van der Waals surface area contributed by atoms with E-state index in [0.29, 0.717) is 5.56 Å². The molecule has 1 fully saturated rings. The van der Waals surface area contributed by atoms with Crippen molar-refractivity contribution in [2.75, 3.05) is 20.1 Å². The molecule has 0 radical (unpaired) electrons. The Morgan fingerprint density at radius 2 is 1.81 bits per heavy atom. The number of hydrogen-bond acceptors (Lipinski definition) is 4. The summed E-state index contributed by atoms with van der Waals surface area (Å²) < 4.78 is 25.7. The van der Waals surface area contributed by atoms with E-state index >= 15 is 0 Å². The zero-order chi connectivity index (χ0) is 18.6. The first kappa shape index (κ1) is 18.6. The van der Waals surface area contributed by atoms with Crippen LogP contribution in [0.5, 0.6) is 0 Å². The molecule has 0 aromatic heterocycles. The standard InChI is InChI=1S/C19H23N3O3S/c1-20-26(24,25)18-9-7-16(8-10-18)19(23)21-17-11-12-22(14-17)13-15-5-3-2-4-6-15/h2-10,17,20H,11-14H2,1H3,(H,21,23)/t17-/m1/s1. The molecule has 2 aromatic rings. The van der Waals surface area contributed by atoms with E-state index < -0.39 is 10.0 Å². The van der Waals surface area contributed by atoms with Crippen LogP contribution < -0.4 is 10.0 Å². The molecule has 1 saturated heterocycles. The number of carbonyl (C=O) groups excluding carboxylic acids is 1. The highest BCUT2D eigenvalue weighted by Crippen LogP contribution is 2.15. The first-order valence-electron chi connectivity index (χ1n) is 8.59. The normalized spacial score (nSPS) is 18.0. The van der Waals surface area contributed by atoms with Crippen LogP contribution in [0.15, 0.2) is 59.5 Å². The van der Waals surface area contributed by atoms with Crippen LogP contribution in [0.2, 0.25) is 0 Å². The molecule has 1 amide bonds. The summed E-state index contributed by atoms with van der Waals surface area (Å²) in [6.45, 7) is 2.63. The van der Waals surface area contributed by atoms with Crippen molar-refractivity contribution in [1.29, 1.82) is 0 Å². The first-order chi connectivity index (χ1) is 12.5. The van der Waals surface area contributed by atoms with Crippen molar-refractivity contribution in [3.8, 4) is 0 Å². The number of rotatable bonds is 6. The minimum absolute atomic E-state index is 0.104. The second kappa shape index (κ2) is 7.99. The summed E-state index contributed by atoms with van der Waals surface area (Å²) in [5.74, 6) is -0.176. The van der Waals surface area contributed by atoms with Crippen LogP contribution in [0.3, 0.4) is 0 Å². The van der Waals surface area contributed by atoms with Crippen LogP contribution in [-0.4, -0.2) is 45.4 Å². The zero-order valence-electron chi connectivity index (χ0n) is 14.7. The van der Waals surface area contributed by atoms with Gasteiger partial charge >= 0.3 is 0 Å². The summed E-state index contributed by atoms with van der Waals surface area (Å²) in [5.41, 5.74) is 1.72. The maximum atomic E-state index is 12.4. The number of likely N-dealkylation sites (tertiary alicyclic amines) is 1. The molecular formula is C19H23N3O3S. The molecule has 1 aliphatic rings. The quantitative estimate of drug-likeness (QED) is 0.806. The monoisotopic (exact) mass is 373 g/mol. The molecular weight excluding hydrogens is 350 g/mol. The average molecular weight is 373 g/mol. The van der Waals surface area contributed by atoms with E-state index in [1.54, 1.807) is 0 Å². The second-order valence-corrected chi connectivity index (χ2v) is 8.30. The lowest BCUT2D eigenvalue weighted by atomic mass is 10.2. The van der Waals surface area contributed by atoms with Gasteiger partial charge in [-0.2, -0.15) is 0 Å². The van der Waals surface area contributed by atoms with Gasteiger partial charge in [-0.3, -0.25) is 9.69 Å². The summed E-state index contributed by atoms with van der Waals surface area (Å²) in [4.78, 5) is 14.9. The summed E-state index contributed by atoms with van der Waals surface area (Å²) in [6.07, 6.45) is 0.908. The molecule has 0 bridgehead atoms. The predicted molar refractivity (Wildman–Crippen MR) is 100 cm³/mol. The Kier molecular flexibility index (Phi) is 5.70. The Hall–Kier alpha value is -2.22. The third kappa shape index (κ3) is 4.49. The molecule has 2 aromatic carbocycles. The van der Waals surface area contributed by atoms with Gasteiger partial charge in [0.15, 0.2) is 0 Å². The topological polar surface area (TPSA) is 78.5 Å². The Bertz CT molecular complexity index is 851. The van der Waals surface area contributed by atoms with Crippen molar-refractivity contribution in [2.45, 2.75) is 23.9 Å². The van der Waals surface area contributed by atoms with Gasteiger partial charge in [0, 0.05) is 31.2 Å². The van der Waals surface area contributed by atoms with E-state index in [1.165, 1.54) is 36.9 Å². The Morgan fingerprint density at radius 3 is 2.46 bits per heavy atom. The predicted octanol–water partition coefficient (Wildman–Crippen LogP) is 1.60. The van der Waals surface area contributed by atoms with Gasteiger partial charge in [0.1, 0.15) is 0 Å². The molecule has 7 heteroatoms. The van der Waals surface area contributed by atoms with Crippen LogP contribution in [-0.2, 0) is 16.6 Å². The molecule has 6 nitrogen and oxygen atoms in total. The molecule has 138 valence electrons. The van der Waals surface area contributed by atoms with Crippen molar-refractivity contribution in [3.63, 3.8) is 0 Å². The fourth-order valence-corrected chi connectivity index (χ4v) is 3.84. The zero-order valence-corrected chi connectivity index (χ0v) is 15.5. The number of sulfonamides is 1. The Balaban J connectivity index is 1.55. The number of nitrogens with zero attached hydrogens (tertiary/aromatic N) is 1. The van der Waals surface area contributed by atoms with Gasteiger partial charge in [-0.15, -0.1) is 0 Å². The molecule has 0 aliphatic carbocycles. The number of carbonyl (C=O) groups is 1. The number of hydrogen-bond donors (Lipinski definition) is 2. The second-order valence-electron chi connectivity index (χ2n) is 6.41. The van der Waals surface area contributed by atoms with Crippen molar-refractivity contribution in [3.05, 3.63) is 65.7 Å². The van der Waals surface area contributed by atoms with E-state index in [1.807, 2.05) is 18.2 Å². The van der Waals surface area contributed by atoms with Crippen molar-refractivity contribution >= 4 is 15.9 Å². The largest absolute Gasteiger partial charge is 0.348 e. The molecule has 0 saturated carbocycles. The van der Waals surface area contributed by atoms with E-state index in [4.69, 9.17) is 0 Å². The molecule has 26 heavy (non-hydrogen) atoms. The van der Waals surface area contributed by atoms with E-state index in [9.17, 15) is 13.2 Å². The average Bonchev–Trinajstić information content (AvgIpc) is 3.09. The fourth-order valence-electron chi connectivity index (χ4n) is 3.11. The highest BCUT2D eigenvalue weighted by molar-refractivity contribution is 7.89. The highest BCUT2D eigenvalue weighted by Gasteiger charge is 2.24. The van der Waals surface area contributed by atoms with E-state index in [0.717, 1.165) is 26.1 Å². The van der Waals surface area contributed by atoms with Crippen molar-refractivity contribution in [2.24, 2.45) is 0 Å². The molecule has 1 aliphatic heterocycles. The molecule has 2 N–H and O–H groups in total. The van der Waals surface area contributed by atoms with Gasteiger partial charge in [-0.1, -0.05) is 30.3 Å².